The maximum atomic E-state index is 10.8. The lowest BCUT2D eigenvalue weighted by molar-refractivity contribution is 0.105. The van der Waals surface area contributed by atoms with E-state index >= 15 is 0 Å². The molecule has 1 amide bonds. The molecule has 0 saturated carbocycles. The van der Waals surface area contributed by atoms with Crippen LogP contribution in [0.25, 0.3) is 0 Å². The van der Waals surface area contributed by atoms with Crippen LogP contribution in [-0.2, 0) is 11.3 Å². The predicted octanol–water partition coefficient (Wildman–Crippen LogP) is 0.893. The summed E-state index contributed by atoms with van der Waals surface area (Å²) >= 11 is 0. The fraction of sp³-hybridized carbons (Fsp3) is 0.417. The topological polar surface area (TPSA) is 59.6 Å². The maximum absolute atomic E-state index is 10.8. The summed E-state index contributed by atoms with van der Waals surface area (Å²) in [7, 11) is 1.90. The number of carbonyl (C=O) groups excluding carboxylic acids is 1. The van der Waals surface area contributed by atoms with Gasteiger partial charge in [0.25, 0.3) is 0 Å². The quantitative estimate of drug-likeness (QED) is 0.797. The summed E-state index contributed by atoms with van der Waals surface area (Å²) in [6.45, 7) is 1.69. The SMILES string of the molecule is CNCc1cccc(OCC2CNC(=O)O2)c1. The van der Waals surface area contributed by atoms with Crippen molar-refractivity contribution < 1.29 is 14.3 Å². The monoisotopic (exact) mass is 236 g/mol. The number of alkyl carbamates (subject to hydrolysis) is 1. The summed E-state index contributed by atoms with van der Waals surface area (Å²) in [4.78, 5) is 10.8. The van der Waals surface area contributed by atoms with Gasteiger partial charge in [-0.05, 0) is 24.7 Å². The Morgan fingerprint density at radius 2 is 2.47 bits per heavy atom. The van der Waals surface area contributed by atoms with E-state index in [1.807, 2.05) is 31.3 Å². The molecule has 1 aliphatic rings. The van der Waals surface area contributed by atoms with Gasteiger partial charge in [-0.2, -0.15) is 0 Å². The highest BCUT2D eigenvalue weighted by Crippen LogP contribution is 2.14. The van der Waals surface area contributed by atoms with Crippen LogP contribution in [0.5, 0.6) is 5.75 Å². The number of nitrogens with one attached hydrogen (secondary N) is 2. The lowest BCUT2D eigenvalue weighted by Gasteiger charge is -2.11. The number of rotatable bonds is 5. The number of hydrogen-bond donors (Lipinski definition) is 2. The molecule has 2 rings (SSSR count). The molecule has 1 fully saturated rings. The second-order valence-electron chi connectivity index (χ2n) is 3.90. The minimum Gasteiger partial charge on any atom is -0.490 e. The van der Waals surface area contributed by atoms with Gasteiger partial charge in [0, 0.05) is 6.54 Å². The van der Waals surface area contributed by atoms with Crippen LogP contribution in [0.2, 0.25) is 0 Å². The molecule has 0 aliphatic carbocycles. The van der Waals surface area contributed by atoms with Crippen LogP contribution in [-0.4, -0.2) is 32.4 Å². The first-order valence-corrected chi connectivity index (χ1v) is 5.59. The number of carbonyl (C=O) groups is 1. The van der Waals surface area contributed by atoms with E-state index in [4.69, 9.17) is 9.47 Å². The van der Waals surface area contributed by atoms with Crippen molar-refractivity contribution in [1.82, 2.24) is 10.6 Å². The molecule has 17 heavy (non-hydrogen) atoms. The Kier molecular flexibility index (Phi) is 3.82. The van der Waals surface area contributed by atoms with Crippen molar-refractivity contribution in [2.45, 2.75) is 12.6 Å². The van der Waals surface area contributed by atoms with Gasteiger partial charge in [0.2, 0.25) is 0 Å². The van der Waals surface area contributed by atoms with Crippen LogP contribution in [0.1, 0.15) is 5.56 Å². The average Bonchev–Trinajstić information content (AvgIpc) is 2.74. The normalized spacial score (nSPS) is 18.6. The van der Waals surface area contributed by atoms with Gasteiger partial charge >= 0.3 is 6.09 Å². The van der Waals surface area contributed by atoms with E-state index in [0.717, 1.165) is 17.9 Å². The van der Waals surface area contributed by atoms with Crippen molar-refractivity contribution in [3.05, 3.63) is 29.8 Å². The summed E-state index contributed by atoms with van der Waals surface area (Å²) in [6.07, 6.45) is -0.571. The molecular weight excluding hydrogens is 220 g/mol. The molecule has 5 nitrogen and oxygen atoms in total. The molecule has 5 heteroatoms. The Balaban J connectivity index is 1.85. The summed E-state index contributed by atoms with van der Waals surface area (Å²) in [6, 6.07) is 7.84. The second-order valence-corrected chi connectivity index (χ2v) is 3.90. The van der Waals surface area contributed by atoms with E-state index in [2.05, 4.69) is 10.6 Å². The zero-order chi connectivity index (χ0) is 12.1. The minimum absolute atomic E-state index is 0.199. The molecule has 1 heterocycles. The van der Waals surface area contributed by atoms with Crippen LogP contribution in [0.3, 0.4) is 0 Å². The van der Waals surface area contributed by atoms with E-state index in [1.165, 1.54) is 0 Å². The zero-order valence-corrected chi connectivity index (χ0v) is 9.73. The molecule has 92 valence electrons. The third-order valence-electron chi connectivity index (χ3n) is 2.46. The largest absolute Gasteiger partial charge is 0.490 e. The van der Waals surface area contributed by atoms with Crippen LogP contribution in [0, 0.1) is 0 Å². The van der Waals surface area contributed by atoms with Crippen molar-refractivity contribution in [3.63, 3.8) is 0 Å². The Hall–Kier alpha value is -1.75. The van der Waals surface area contributed by atoms with Gasteiger partial charge in [-0.15, -0.1) is 0 Å². The first-order valence-electron chi connectivity index (χ1n) is 5.59. The van der Waals surface area contributed by atoms with E-state index in [-0.39, 0.29) is 12.2 Å². The molecule has 1 aromatic carbocycles. The Bertz CT molecular complexity index is 395. The first kappa shape index (κ1) is 11.7. The molecule has 1 unspecified atom stereocenters. The Morgan fingerprint density at radius 3 is 3.18 bits per heavy atom. The summed E-state index contributed by atoms with van der Waals surface area (Å²) in [5, 5.41) is 5.67. The second kappa shape index (κ2) is 5.54. The molecule has 2 N–H and O–H groups in total. The fourth-order valence-electron chi connectivity index (χ4n) is 1.66. The molecule has 0 radical (unpaired) electrons. The van der Waals surface area contributed by atoms with Gasteiger partial charge in [-0.3, -0.25) is 0 Å². The van der Waals surface area contributed by atoms with Gasteiger partial charge in [-0.25, -0.2) is 4.79 Å². The third-order valence-corrected chi connectivity index (χ3v) is 2.46. The van der Waals surface area contributed by atoms with Crippen molar-refractivity contribution in [2.24, 2.45) is 0 Å². The Morgan fingerprint density at radius 1 is 1.59 bits per heavy atom. The van der Waals surface area contributed by atoms with Gasteiger partial charge in [0.1, 0.15) is 12.4 Å². The predicted molar refractivity (Wildman–Crippen MR) is 63.0 cm³/mol. The van der Waals surface area contributed by atoms with Gasteiger partial charge in [0.05, 0.1) is 6.54 Å². The average molecular weight is 236 g/mol. The highest BCUT2D eigenvalue weighted by atomic mass is 16.6. The number of benzene rings is 1. The van der Waals surface area contributed by atoms with Gasteiger partial charge in [0.15, 0.2) is 6.10 Å². The van der Waals surface area contributed by atoms with E-state index in [1.54, 1.807) is 0 Å². The third kappa shape index (κ3) is 3.35. The molecule has 1 atom stereocenters. The van der Waals surface area contributed by atoms with Crippen LogP contribution >= 0.6 is 0 Å². The first-order chi connectivity index (χ1) is 8.28. The lowest BCUT2D eigenvalue weighted by Crippen LogP contribution is -2.22. The molecular formula is C12H16N2O3. The fourth-order valence-corrected chi connectivity index (χ4v) is 1.66. The van der Waals surface area contributed by atoms with Crippen molar-refractivity contribution in [3.8, 4) is 5.75 Å². The maximum Gasteiger partial charge on any atom is 0.407 e. The number of cyclic esters (lactones) is 1. The summed E-state index contributed by atoms with van der Waals surface area (Å²) in [5.74, 6) is 0.792. The van der Waals surface area contributed by atoms with Crippen LogP contribution < -0.4 is 15.4 Å². The summed E-state index contributed by atoms with van der Waals surface area (Å²) < 4.78 is 10.6. The molecule has 1 aliphatic heterocycles. The molecule has 1 saturated heterocycles. The van der Waals surface area contributed by atoms with E-state index < -0.39 is 0 Å². The van der Waals surface area contributed by atoms with E-state index in [0.29, 0.717) is 13.2 Å². The van der Waals surface area contributed by atoms with Crippen LogP contribution in [0.15, 0.2) is 24.3 Å². The van der Waals surface area contributed by atoms with E-state index in [9.17, 15) is 4.79 Å². The van der Waals surface area contributed by atoms with Crippen molar-refractivity contribution in [2.75, 3.05) is 20.2 Å². The molecule has 1 aromatic rings. The van der Waals surface area contributed by atoms with Gasteiger partial charge < -0.3 is 20.1 Å². The smallest absolute Gasteiger partial charge is 0.407 e. The highest BCUT2D eigenvalue weighted by Gasteiger charge is 2.22. The van der Waals surface area contributed by atoms with Crippen molar-refractivity contribution in [1.29, 1.82) is 0 Å². The van der Waals surface area contributed by atoms with Crippen molar-refractivity contribution >= 4 is 6.09 Å². The molecule has 0 aromatic heterocycles. The zero-order valence-electron chi connectivity index (χ0n) is 9.73. The Labute approximate surface area is 100 Å². The summed E-state index contributed by atoms with van der Waals surface area (Å²) in [5.41, 5.74) is 1.16. The lowest BCUT2D eigenvalue weighted by atomic mass is 10.2. The number of ether oxygens (including phenoxy) is 2. The number of hydrogen-bond acceptors (Lipinski definition) is 4. The number of amides is 1. The van der Waals surface area contributed by atoms with Crippen LogP contribution in [0.4, 0.5) is 4.79 Å². The highest BCUT2D eigenvalue weighted by molar-refractivity contribution is 5.69. The minimum atomic E-state index is -0.373. The standard InChI is InChI=1S/C12H16N2O3/c1-13-6-9-3-2-4-10(5-9)16-8-11-7-14-12(15)17-11/h2-5,11,13H,6-8H2,1H3,(H,14,15). The van der Waals surface area contributed by atoms with Gasteiger partial charge in [-0.1, -0.05) is 12.1 Å². The molecule has 0 spiro atoms. The molecule has 0 bridgehead atoms.